The number of thiophene rings is 1. The van der Waals surface area contributed by atoms with Gasteiger partial charge in [0.25, 0.3) is 0 Å². The lowest BCUT2D eigenvalue weighted by Crippen LogP contribution is -2.14. The van der Waals surface area contributed by atoms with Gasteiger partial charge in [-0.1, -0.05) is 83.9 Å². The van der Waals surface area contributed by atoms with Gasteiger partial charge in [-0.15, -0.1) is 11.3 Å². The molecule has 3 heteroatoms. The third kappa shape index (κ3) is 5.03. The summed E-state index contributed by atoms with van der Waals surface area (Å²) in [5.74, 6) is 0.220. The molecule has 1 heterocycles. The second-order valence-corrected chi connectivity index (χ2v) is 18.5. The molecule has 270 valence electrons. The summed E-state index contributed by atoms with van der Waals surface area (Å²) in [5, 5.41) is 23.0. The van der Waals surface area contributed by atoms with Crippen LogP contribution in [0.2, 0.25) is 0 Å². The SMILES string of the molecule is Cc1cc(C)c(C2c3ccc(C(C)(C)C#N)cc3-c3c2ccc2c3sc3c4c(ccc32)C(c2c(C)cc(C)cc2C)c2ccc(C(C)(C)C#N)cc2-4)c(C)c1. The van der Waals surface area contributed by atoms with E-state index in [1.54, 1.807) is 0 Å². The smallest absolute Gasteiger partial charge is 0.0766 e. The van der Waals surface area contributed by atoms with E-state index in [2.05, 4.69) is 139 Å². The first kappa shape index (κ1) is 35.2. The molecule has 0 N–H and O–H groups in total. The summed E-state index contributed by atoms with van der Waals surface area (Å²) < 4.78 is 2.61. The van der Waals surface area contributed by atoms with Gasteiger partial charge in [0.1, 0.15) is 0 Å². The zero-order valence-corrected chi connectivity index (χ0v) is 34.4. The maximum atomic E-state index is 10.2. The molecule has 1 aromatic heterocycles. The maximum Gasteiger partial charge on any atom is 0.0766 e. The highest BCUT2D eigenvalue weighted by Crippen LogP contribution is 2.59. The molecule has 2 nitrogen and oxygen atoms in total. The highest BCUT2D eigenvalue weighted by atomic mass is 32.1. The minimum Gasteiger partial charge on any atom is -0.197 e. The Kier molecular flexibility index (Phi) is 7.69. The quantitative estimate of drug-likeness (QED) is 0.181. The van der Waals surface area contributed by atoms with Gasteiger partial charge in [0, 0.05) is 43.1 Å². The van der Waals surface area contributed by atoms with Gasteiger partial charge in [0.05, 0.1) is 23.0 Å². The van der Waals surface area contributed by atoms with Crippen molar-refractivity contribution >= 4 is 31.5 Å². The van der Waals surface area contributed by atoms with Crippen LogP contribution in [0.3, 0.4) is 0 Å². The molecule has 0 amide bonds. The monoisotopic (exact) mass is 730 g/mol. The number of benzene rings is 6. The molecule has 6 aromatic carbocycles. The fourth-order valence-corrected chi connectivity index (χ4v) is 11.6. The summed E-state index contributed by atoms with van der Waals surface area (Å²) in [7, 11) is 0. The van der Waals surface area contributed by atoms with Crippen molar-refractivity contribution in [3.8, 4) is 34.4 Å². The van der Waals surface area contributed by atoms with Crippen LogP contribution >= 0.6 is 11.3 Å². The van der Waals surface area contributed by atoms with Gasteiger partial charge in [-0.2, -0.15) is 10.5 Å². The number of fused-ring (bicyclic) bond motifs is 11. The minimum absolute atomic E-state index is 0.110. The van der Waals surface area contributed by atoms with Crippen molar-refractivity contribution in [3.63, 3.8) is 0 Å². The van der Waals surface area contributed by atoms with E-state index in [1.165, 1.54) is 109 Å². The van der Waals surface area contributed by atoms with E-state index in [4.69, 9.17) is 0 Å². The zero-order chi connectivity index (χ0) is 38.9. The van der Waals surface area contributed by atoms with Crippen molar-refractivity contribution in [3.05, 3.63) is 163 Å². The number of nitrogens with zero attached hydrogens (tertiary/aromatic N) is 2. The van der Waals surface area contributed by atoms with Crippen LogP contribution in [-0.4, -0.2) is 0 Å². The van der Waals surface area contributed by atoms with Gasteiger partial charge in [0.15, 0.2) is 0 Å². The van der Waals surface area contributed by atoms with Crippen LogP contribution in [0, 0.1) is 64.2 Å². The third-order valence-corrected chi connectivity index (χ3v) is 14.1. The van der Waals surface area contributed by atoms with Crippen molar-refractivity contribution in [2.24, 2.45) is 0 Å². The molecule has 0 bridgehead atoms. The molecule has 0 fully saturated rings. The van der Waals surface area contributed by atoms with Gasteiger partial charge in [0.2, 0.25) is 0 Å². The molecule has 0 aliphatic heterocycles. The molecule has 2 unspecified atom stereocenters. The topological polar surface area (TPSA) is 47.6 Å². The van der Waals surface area contributed by atoms with Gasteiger partial charge in [-0.3, -0.25) is 0 Å². The molecule has 9 rings (SSSR count). The van der Waals surface area contributed by atoms with E-state index in [0.29, 0.717) is 0 Å². The largest absolute Gasteiger partial charge is 0.197 e. The predicted octanol–water partition coefficient (Wildman–Crippen LogP) is 13.8. The van der Waals surface area contributed by atoms with Crippen molar-refractivity contribution in [2.75, 3.05) is 0 Å². The van der Waals surface area contributed by atoms with Gasteiger partial charge < -0.3 is 0 Å². The Morgan fingerprint density at radius 2 is 0.818 bits per heavy atom. The normalized spacial score (nSPS) is 15.8. The van der Waals surface area contributed by atoms with Crippen LogP contribution < -0.4 is 0 Å². The van der Waals surface area contributed by atoms with Gasteiger partial charge >= 0.3 is 0 Å². The number of hydrogen-bond acceptors (Lipinski definition) is 3. The highest BCUT2D eigenvalue weighted by molar-refractivity contribution is 7.27. The Bertz CT molecular complexity index is 2670. The first-order valence-corrected chi connectivity index (χ1v) is 20.3. The van der Waals surface area contributed by atoms with Crippen LogP contribution in [0.1, 0.15) is 117 Å². The lowest BCUT2D eigenvalue weighted by atomic mass is 9.81. The number of nitriles is 2. The van der Waals surface area contributed by atoms with Crippen molar-refractivity contribution in [1.82, 2.24) is 0 Å². The molecule has 0 saturated heterocycles. The van der Waals surface area contributed by atoms with Crippen LogP contribution in [0.25, 0.3) is 42.4 Å². The van der Waals surface area contributed by atoms with E-state index >= 15 is 0 Å². The fourth-order valence-electron chi connectivity index (χ4n) is 10.2. The van der Waals surface area contributed by atoms with Gasteiger partial charge in [-0.05, 0) is 159 Å². The predicted molar refractivity (Wildman–Crippen MR) is 231 cm³/mol. The average molecular weight is 731 g/mol. The van der Waals surface area contributed by atoms with Crippen molar-refractivity contribution < 1.29 is 0 Å². The zero-order valence-electron chi connectivity index (χ0n) is 33.5. The second kappa shape index (κ2) is 12.0. The molecule has 0 saturated carbocycles. The molecule has 2 aliphatic carbocycles. The third-order valence-electron chi connectivity index (χ3n) is 12.8. The van der Waals surface area contributed by atoms with E-state index in [-0.39, 0.29) is 11.8 Å². The number of aryl methyl sites for hydroxylation is 6. The molecule has 2 aliphatic rings. The lowest BCUT2D eigenvalue weighted by Gasteiger charge is -2.21. The standard InChI is InChI=1S/C52H46N2S/c1-27-19-29(3)43(30(4)20-27)45-35-13-11-33(51(7,8)25-53)23-41(35)47-39(45)17-15-37-38-16-18-40-46(44-31(5)21-28(2)22-32(44)6)36-14-12-34(52(9,10)26-54)24-42(36)48(40)50(38)55-49(37)47/h11-24,45-46H,1-10H3. The van der Waals surface area contributed by atoms with Crippen molar-refractivity contribution in [2.45, 2.75) is 91.9 Å². The average Bonchev–Trinajstić information content (AvgIpc) is 3.78. The van der Waals surface area contributed by atoms with Crippen LogP contribution in [-0.2, 0) is 10.8 Å². The molecule has 7 aromatic rings. The first-order chi connectivity index (χ1) is 26.1. The Morgan fingerprint density at radius 1 is 0.473 bits per heavy atom. The lowest BCUT2D eigenvalue weighted by molar-refractivity contribution is 0.687. The summed E-state index contributed by atoms with van der Waals surface area (Å²) in [5.41, 5.74) is 21.9. The molecular weight excluding hydrogens is 685 g/mol. The summed E-state index contributed by atoms with van der Waals surface area (Å²) >= 11 is 1.92. The maximum absolute atomic E-state index is 10.2. The number of rotatable bonds is 4. The van der Waals surface area contributed by atoms with Crippen LogP contribution in [0.4, 0.5) is 0 Å². The first-order valence-electron chi connectivity index (χ1n) is 19.4. The fraction of sp³-hybridized carbons (Fsp3) is 0.269. The molecule has 0 spiro atoms. The van der Waals surface area contributed by atoms with Crippen molar-refractivity contribution in [1.29, 1.82) is 10.5 Å². The Balaban J connectivity index is 1.38. The van der Waals surface area contributed by atoms with Crippen LogP contribution in [0.5, 0.6) is 0 Å². The molecular formula is C52H46N2S. The Labute approximate surface area is 329 Å². The van der Waals surface area contributed by atoms with E-state index in [9.17, 15) is 10.5 Å². The Hall–Kier alpha value is -5.48. The van der Waals surface area contributed by atoms with E-state index in [1.807, 2.05) is 39.0 Å². The summed E-state index contributed by atoms with van der Waals surface area (Å²) in [6.07, 6.45) is 0. The summed E-state index contributed by atoms with van der Waals surface area (Å²) in [6.45, 7) is 21.5. The summed E-state index contributed by atoms with van der Waals surface area (Å²) in [6, 6.07) is 37.5. The second-order valence-electron chi connectivity index (χ2n) is 17.5. The molecule has 2 atom stereocenters. The minimum atomic E-state index is -0.613. The highest BCUT2D eigenvalue weighted by Gasteiger charge is 2.38. The van der Waals surface area contributed by atoms with Gasteiger partial charge in [-0.25, -0.2) is 0 Å². The molecule has 55 heavy (non-hydrogen) atoms. The van der Waals surface area contributed by atoms with E-state index in [0.717, 1.165) is 11.1 Å². The molecule has 0 radical (unpaired) electrons. The number of hydrogen-bond donors (Lipinski definition) is 0. The van der Waals surface area contributed by atoms with Crippen LogP contribution in [0.15, 0.2) is 84.9 Å². The van der Waals surface area contributed by atoms with E-state index < -0.39 is 10.8 Å². The Morgan fingerprint density at radius 3 is 1.16 bits per heavy atom. The summed E-state index contributed by atoms with van der Waals surface area (Å²) in [4.78, 5) is 0.